The lowest BCUT2D eigenvalue weighted by Crippen LogP contribution is -2.50. The first-order valence-corrected chi connectivity index (χ1v) is 13.0. The van der Waals surface area contributed by atoms with E-state index in [1.807, 2.05) is 36.4 Å². The molecule has 0 radical (unpaired) electrons. The number of halogens is 1. The summed E-state index contributed by atoms with van der Waals surface area (Å²) in [6.45, 7) is 1.79. The largest absolute Gasteiger partial charge is 0.490 e. The van der Waals surface area contributed by atoms with Crippen LogP contribution in [0.4, 0.5) is 15.8 Å². The summed E-state index contributed by atoms with van der Waals surface area (Å²) in [7, 11) is 1.80. The second kappa shape index (κ2) is 12.6. The van der Waals surface area contributed by atoms with Crippen molar-refractivity contribution in [1.29, 1.82) is 0 Å². The van der Waals surface area contributed by atoms with E-state index in [1.165, 1.54) is 24.3 Å². The van der Waals surface area contributed by atoms with Crippen molar-refractivity contribution in [3.63, 3.8) is 0 Å². The van der Waals surface area contributed by atoms with Gasteiger partial charge in [0.15, 0.2) is 0 Å². The summed E-state index contributed by atoms with van der Waals surface area (Å²) in [5, 5.41) is 8.99. The van der Waals surface area contributed by atoms with Crippen molar-refractivity contribution < 1.29 is 18.7 Å². The van der Waals surface area contributed by atoms with E-state index in [2.05, 4.69) is 16.0 Å². The highest BCUT2D eigenvalue weighted by Crippen LogP contribution is 2.29. The normalized spacial score (nSPS) is 15.2. The first-order valence-electron chi connectivity index (χ1n) is 13.0. The molecule has 5 N–H and O–H groups in total. The third-order valence-corrected chi connectivity index (χ3v) is 6.60. The van der Waals surface area contributed by atoms with Crippen molar-refractivity contribution in [3.8, 4) is 5.75 Å². The first kappa shape index (κ1) is 27.1. The molecule has 0 saturated heterocycles. The Hall–Kier alpha value is -3.91. The fourth-order valence-corrected chi connectivity index (χ4v) is 4.23. The molecule has 3 aromatic rings. The number of carbonyl (C=O) groups excluding carboxylic acids is 2. The number of rotatable bonds is 12. The Labute approximate surface area is 223 Å². The molecule has 4 rings (SSSR count). The predicted octanol–water partition coefficient (Wildman–Crippen LogP) is 4.74. The van der Waals surface area contributed by atoms with Gasteiger partial charge in [-0.25, -0.2) is 4.39 Å². The van der Waals surface area contributed by atoms with Crippen LogP contribution in [-0.2, 0) is 11.2 Å². The number of nitrogens with two attached hydrogens (primary N) is 1. The van der Waals surface area contributed by atoms with Crippen molar-refractivity contribution in [2.45, 2.75) is 50.8 Å². The van der Waals surface area contributed by atoms with Crippen LogP contribution in [0.5, 0.6) is 5.75 Å². The van der Waals surface area contributed by atoms with Gasteiger partial charge < -0.3 is 26.4 Å². The summed E-state index contributed by atoms with van der Waals surface area (Å²) in [5.41, 5.74) is 9.42. The van der Waals surface area contributed by atoms with Crippen LogP contribution in [0.1, 0.15) is 42.1 Å². The summed E-state index contributed by atoms with van der Waals surface area (Å²) in [4.78, 5) is 26.2. The van der Waals surface area contributed by atoms with Gasteiger partial charge in [-0.05, 0) is 67.6 Å². The number of nitrogens with one attached hydrogen (secondary N) is 3. The molecule has 3 aromatic carbocycles. The smallest absolute Gasteiger partial charge is 0.251 e. The Kier molecular flexibility index (Phi) is 8.97. The highest BCUT2D eigenvalue weighted by Gasteiger charge is 2.27. The molecule has 200 valence electrons. The highest BCUT2D eigenvalue weighted by atomic mass is 19.1. The van der Waals surface area contributed by atoms with E-state index in [0.29, 0.717) is 29.8 Å². The van der Waals surface area contributed by atoms with E-state index >= 15 is 0 Å². The lowest BCUT2D eigenvalue weighted by Gasteiger charge is -2.27. The molecule has 3 atom stereocenters. The summed E-state index contributed by atoms with van der Waals surface area (Å²) in [6, 6.07) is 19.9. The summed E-state index contributed by atoms with van der Waals surface area (Å²) in [5.74, 6) is -0.636. The topological polar surface area (TPSA) is 105 Å². The maximum absolute atomic E-state index is 13.4. The monoisotopic (exact) mass is 518 g/mol. The quantitative estimate of drug-likeness (QED) is 0.277. The van der Waals surface area contributed by atoms with Crippen LogP contribution in [-0.4, -0.2) is 37.0 Å². The fraction of sp³-hybridized carbons (Fsp3) is 0.333. The molecule has 0 spiro atoms. The number of benzene rings is 3. The molecule has 8 heteroatoms. The molecule has 7 nitrogen and oxygen atoms in total. The fourth-order valence-electron chi connectivity index (χ4n) is 4.23. The molecule has 1 aliphatic carbocycles. The average molecular weight is 519 g/mol. The van der Waals surface area contributed by atoms with Crippen LogP contribution in [0.15, 0.2) is 72.8 Å². The van der Waals surface area contributed by atoms with Crippen molar-refractivity contribution in [1.82, 2.24) is 5.32 Å². The average Bonchev–Trinajstić information content (AvgIpc) is 3.73. The minimum Gasteiger partial charge on any atom is -0.490 e. The molecule has 0 bridgehead atoms. The lowest BCUT2D eigenvalue weighted by atomic mass is 9.92. The van der Waals surface area contributed by atoms with Gasteiger partial charge in [0.25, 0.3) is 5.91 Å². The van der Waals surface area contributed by atoms with Crippen molar-refractivity contribution >= 4 is 23.2 Å². The molecule has 2 amide bonds. The Balaban J connectivity index is 1.47. The maximum Gasteiger partial charge on any atom is 0.251 e. The third kappa shape index (κ3) is 7.79. The number of ether oxygens (including phenoxy) is 1. The Morgan fingerprint density at radius 1 is 1.03 bits per heavy atom. The van der Waals surface area contributed by atoms with E-state index in [9.17, 15) is 14.0 Å². The standard InChI is InChI=1S/C30H35FN4O3/c1-19(29(36)34-23-10-8-22(31)9-11-23)14-27(32)28(15-20-6-4-3-5-7-20)35-30(37)21-16-24(33-2)18-26(17-21)38-25-12-13-25/h3-11,16-19,25,27-28,33H,12-15,32H2,1-2H3,(H,34,36)(H,35,37)/t19-,27+,28+/m1/s1. The molecular formula is C30H35FN4O3. The van der Waals surface area contributed by atoms with Crippen LogP contribution >= 0.6 is 0 Å². The van der Waals surface area contributed by atoms with Gasteiger partial charge in [-0.1, -0.05) is 37.3 Å². The van der Waals surface area contributed by atoms with Crippen LogP contribution < -0.4 is 26.4 Å². The summed E-state index contributed by atoms with van der Waals surface area (Å²) < 4.78 is 19.1. The lowest BCUT2D eigenvalue weighted by molar-refractivity contribution is -0.119. The van der Waals surface area contributed by atoms with E-state index in [0.717, 1.165) is 24.1 Å². The van der Waals surface area contributed by atoms with E-state index in [4.69, 9.17) is 10.5 Å². The van der Waals surface area contributed by atoms with Gasteiger partial charge in [-0.2, -0.15) is 0 Å². The van der Waals surface area contributed by atoms with Crippen LogP contribution in [0, 0.1) is 11.7 Å². The van der Waals surface area contributed by atoms with Gasteiger partial charge in [0.1, 0.15) is 11.6 Å². The Bertz CT molecular complexity index is 1230. The van der Waals surface area contributed by atoms with Gasteiger partial charge in [0, 0.05) is 48.1 Å². The SMILES string of the molecule is CNc1cc(OC2CC2)cc(C(=O)N[C@@H](Cc2ccccc2)[C@@H](N)C[C@@H](C)C(=O)Nc2ccc(F)cc2)c1. The van der Waals surface area contributed by atoms with Gasteiger partial charge in [0.05, 0.1) is 6.10 Å². The number of amides is 2. The molecule has 1 aliphatic rings. The van der Waals surface area contributed by atoms with E-state index < -0.39 is 18.0 Å². The number of carbonyl (C=O) groups is 2. The second-order valence-corrected chi connectivity index (χ2v) is 9.88. The maximum atomic E-state index is 13.4. The molecule has 1 saturated carbocycles. The van der Waals surface area contributed by atoms with Gasteiger partial charge in [0.2, 0.25) is 5.91 Å². The van der Waals surface area contributed by atoms with Crippen LogP contribution in [0.3, 0.4) is 0 Å². The van der Waals surface area contributed by atoms with Gasteiger partial charge in [-0.3, -0.25) is 9.59 Å². The second-order valence-electron chi connectivity index (χ2n) is 9.88. The first-order chi connectivity index (χ1) is 18.3. The zero-order valence-electron chi connectivity index (χ0n) is 21.7. The molecule has 38 heavy (non-hydrogen) atoms. The molecule has 0 aliphatic heterocycles. The van der Waals surface area contributed by atoms with Crippen LogP contribution in [0.25, 0.3) is 0 Å². The van der Waals surface area contributed by atoms with E-state index in [1.54, 1.807) is 26.1 Å². The number of hydrogen-bond acceptors (Lipinski definition) is 5. The van der Waals surface area contributed by atoms with Gasteiger partial charge >= 0.3 is 0 Å². The van der Waals surface area contributed by atoms with E-state index in [-0.39, 0.29) is 23.7 Å². The summed E-state index contributed by atoms with van der Waals surface area (Å²) >= 11 is 0. The Morgan fingerprint density at radius 2 is 1.74 bits per heavy atom. The van der Waals surface area contributed by atoms with Crippen molar-refractivity contribution in [3.05, 3.63) is 89.7 Å². The molecule has 0 aromatic heterocycles. The predicted molar refractivity (Wildman–Crippen MR) is 148 cm³/mol. The number of anilines is 2. The molecule has 1 fully saturated rings. The van der Waals surface area contributed by atoms with Crippen LogP contribution in [0.2, 0.25) is 0 Å². The van der Waals surface area contributed by atoms with Gasteiger partial charge in [-0.15, -0.1) is 0 Å². The highest BCUT2D eigenvalue weighted by molar-refractivity contribution is 5.96. The Morgan fingerprint density at radius 3 is 2.39 bits per heavy atom. The van der Waals surface area contributed by atoms with Crippen molar-refractivity contribution in [2.24, 2.45) is 11.7 Å². The molecular weight excluding hydrogens is 483 g/mol. The minimum absolute atomic E-state index is 0.208. The third-order valence-electron chi connectivity index (χ3n) is 6.60. The minimum atomic E-state index is -0.497. The molecule has 0 unspecified atom stereocenters. The zero-order chi connectivity index (χ0) is 27.1. The molecule has 0 heterocycles. The summed E-state index contributed by atoms with van der Waals surface area (Å²) in [6.07, 6.45) is 3.10. The zero-order valence-corrected chi connectivity index (χ0v) is 21.7. The van der Waals surface area contributed by atoms with Crippen molar-refractivity contribution in [2.75, 3.05) is 17.7 Å². The number of hydrogen-bond donors (Lipinski definition) is 4.